The maximum atomic E-state index is 6.20. The van der Waals surface area contributed by atoms with Gasteiger partial charge in [-0.15, -0.1) is 0 Å². The maximum absolute atomic E-state index is 6.20. The molecule has 4 aromatic rings. The fourth-order valence-electron chi connectivity index (χ4n) is 2.95. The fourth-order valence-corrected chi connectivity index (χ4v) is 2.95. The highest BCUT2D eigenvalue weighted by Gasteiger charge is 2.17. The van der Waals surface area contributed by atoms with Crippen LogP contribution >= 0.6 is 0 Å². The third-order valence-corrected chi connectivity index (χ3v) is 4.33. The number of methoxy groups -OCH3 is 1. The Morgan fingerprint density at radius 3 is 2.27 bits per heavy atom. The minimum Gasteiger partial charge on any atom is -0.497 e. The lowest BCUT2D eigenvalue weighted by atomic mass is 10.0. The minimum atomic E-state index is 0.839. The Labute approximate surface area is 153 Å². The van der Waals surface area contributed by atoms with Gasteiger partial charge in [0.05, 0.1) is 18.1 Å². The first kappa shape index (κ1) is 16.1. The van der Waals surface area contributed by atoms with Crippen LogP contribution in [0.15, 0.2) is 89.3 Å². The second-order valence-corrected chi connectivity index (χ2v) is 6.03. The molecule has 0 spiro atoms. The summed E-state index contributed by atoms with van der Waals surface area (Å²) in [6, 6.07) is 28.5. The Balaban J connectivity index is 1.80. The largest absolute Gasteiger partial charge is 0.497 e. The standard InChI is InChI=1S/C24H19O2/c1-25-21-14-11-18(12-15-21)13-16-24-22(19-7-3-2-4-8-19)17-20-9-5-6-10-23(20)26-24/h2-17H,1H3/q+1. The Bertz CT molecular complexity index is 1050. The zero-order chi connectivity index (χ0) is 17.8. The molecule has 0 bridgehead atoms. The van der Waals surface area contributed by atoms with Gasteiger partial charge in [-0.25, -0.2) is 4.42 Å². The molecule has 0 amide bonds. The Hall–Kier alpha value is -3.39. The van der Waals surface area contributed by atoms with Crippen LogP contribution in [-0.4, -0.2) is 7.11 Å². The molecule has 0 unspecified atom stereocenters. The van der Waals surface area contributed by atoms with Crippen LogP contribution in [0.4, 0.5) is 0 Å². The molecule has 126 valence electrons. The molecule has 3 aromatic carbocycles. The van der Waals surface area contributed by atoms with E-state index in [9.17, 15) is 0 Å². The number of para-hydroxylation sites is 1. The molecule has 26 heavy (non-hydrogen) atoms. The van der Waals surface area contributed by atoms with Crippen molar-refractivity contribution in [3.63, 3.8) is 0 Å². The van der Waals surface area contributed by atoms with E-state index in [-0.39, 0.29) is 0 Å². The number of rotatable bonds is 4. The Kier molecular flexibility index (Phi) is 4.48. The molecular formula is C24H19O2+. The highest BCUT2D eigenvalue weighted by Crippen LogP contribution is 2.30. The van der Waals surface area contributed by atoms with E-state index in [1.807, 2.05) is 66.7 Å². The summed E-state index contributed by atoms with van der Waals surface area (Å²) in [5.41, 5.74) is 4.18. The van der Waals surface area contributed by atoms with Crippen molar-refractivity contribution in [1.82, 2.24) is 0 Å². The predicted octanol–water partition coefficient (Wildman–Crippen LogP) is 6.56. The number of hydrogen-bond acceptors (Lipinski definition) is 1. The van der Waals surface area contributed by atoms with Gasteiger partial charge in [-0.2, -0.15) is 0 Å². The van der Waals surface area contributed by atoms with Gasteiger partial charge in [-0.05, 0) is 41.5 Å². The molecule has 1 aromatic heterocycles. The van der Waals surface area contributed by atoms with Crippen molar-refractivity contribution in [2.45, 2.75) is 0 Å². The van der Waals surface area contributed by atoms with Gasteiger partial charge < -0.3 is 4.74 Å². The fraction of sp³-hybridized carbons (Fsp3) is 0.0417. The topological polar surface area (TPSA) is 20.5 Å². The number of fused-ring (bicyclic) bond motifs is 1. The molecule has 0 N–H and O–H groups in total. The monoisotopic (exact) mass is 339 g/mol. The van der Waals surface area contributed by atoms with Crippen molar-refractivity contribution in [3.8, 4) is 16.9 Å². The average Bonchev–Trinajstić information content (AvgIpc) is 2.72. The van der Waals surface area contributed by atoms with Crippen LogP contribution in [0.3, 0.4) is 0 Å². The normalized spacial score (nSPS) is 11.1. The lowest BCUT2D eigenvalue weighted by Crippen LogP contribution is -1.85. The molecule has 0 atom stereocenters. The van der Waals surface area contributed by atoms with Crippen molar-refractivity contribution in [3.05, 3.63) is 96.3 Å². The van der Waals surface area contributed by atoms with E-state index in [2.05, 4.69) is 30.3 Å². The van der Waals surface area contributed by atoms with Gasteiger partial charge >= 0.3 is 11.3 Å². The Morgan fingerprint density at radius 2 is 1.50 bits per heavy atom. The third-order valence-electron chi connectivity index (χ3n) is 4.33. The minimum absolute atomic E-state index is 0.839. The highest BCUT2D eigenvalue weighted by molar-refractivity contribution is 5.87. The van der Waals surface area contributed by atoms with Gasteiger partial charge in [0.2, 0.25) is 0 Å². The van der Waals surface area contributed by atoms with E-state index >= 15 is 0 Å². The maximum Gasteiger partial charge on any atom is 0.361 e. The van der Waals surface area contributed by atoms with Gasteiger partial charge in [0.15, 0.2) is 0 Å². The smallest absolute Gasteiger partial charge is 0.361 e. The van der Waals surface area contributed by atoms with Crippen LogP contribution < -0.4 is 4.74 Å². The zero-order valence-corrected chi connectivity index (χ0v) is 14.6. The summed E-state index contributed by atoms with van der Waals surface area (Å²) >= 11 is 0. The quantitative estimate of drug-likeness (QED) is 0.392. The summed E-state index contributed by atoms with van der Waals surface area (Å²) < 4.78 is 11.4. The predicted molar refractivity (Wildman–Crippen MR) is 108 cm³/mol. The van der Waals surface area contributed by atoms with E-state index in [0.29, 0.717) is 0 Å². The number of ether oxygens (including phenoxy) is 1. The molecule has 0 fully saturated rings. The lowest BCUT2D eigenvalue weighted by Gasteiger charge is -2.01. The first-order valence-electron chi connectivity index (χ1n) is 8.57. The summed E-state index contributed by atoms with van der Waals surface area (Å²) in [4.78, 5) is 0. The lowest BCUT2D eigenvalue weighted by molar-refractivity contribution is 0.415. The summed E-state index contributed by atoms with van der Waals surface area (Å²) in [6.07, 6.45) is 4.08. The van der Waals surface area contributed by atoms with Crippen LogP contribution in [0.2, 0.25) is 0 Å². The second kappa shape index (κ2) is 7.24. The van der Waals surface area contributed by atoms with Gasteiger partial charge in [0, 0.05) is 12.1 Å². The zero-order valence-electron chi connectivity index (χ0n) is 14.6. The summed E-state index contributed by atoms with van der Waals surface area (Å²) in [5.74, 6) is 1.69. The average molecular weight is 339 g/mol. The SMILES string of the molecule is COc1ccc(C=Cc2[o+]c3ccccc3cc2-c2ccccc2)cc1. The van der Waals surface area contributed by atoms with Crippen LogP contribution in [0.1, 0.15) is 11.3 Å². The summed E-state index contributed by atoms with van der Waals surface area (Å²) in [7, 11) is 1.67. The second-order valence-electron chi connectivity index (χ2n) is 6.03. The van der Waals surface area contributed by atoms with Crippen LogP contribution in [0.25, 0.3) is 34.2 Å². The van der Waals surface area contributed by atoms with Crippen molar-refractivity contribution >= 4 is 23.1 Å². The molecular weight excluding hydrogens is 320 g/mol. The highest BCUT2D eigenvalue weighted by atomic mass is 16.5. The molecule has 1 heterocycles. The first-order valence-corrected chi connectivity index (χ1v) is 8.57. The van der Waals surface area contributed by atoms with E-state index in [0.717, 1.165) is 39.2 Å². The van der Waals surface area contributed by atoms with E-state index in [1.165, 1.54) is 0 Å². The van der Waals surface area contributed by atoms with Crippen molar-refractivity contribution in [1.29, 1.82) is 0 Å². The van der Waals surface area contributed by atoms with Gasteiger partial charge in [-0.1, -0.05) is 54.6 Å². The van der Waals surface area contributed by atoms with Crippen molar-refractivity contribution in [2.24, 2.45) is 0 Å². The molecule has 0 aliphatic carbocycles. The molecule has 0 saturated carbocycles. The molecule has 0 aliphatic rings. The molecule has 0 radical (unpaired) electrons. The van der Waals surface area contributed by atoms with Crippen LogP contribution in [-0.2, 0) is 0 Å². The summed E-state index contributed by atoms with van der Waals surface area (Å²) in [5, 5.41) is 1.09. The number of hydrogen-bond donors (Lipinski definition) is 0. The number of benzene rings is 3. The van der Waals surface area contributed by atoms with Gasteiger partial charge in [0.25, 0.3) is 0 Å². The van der Waals surface area contributed by atoms with Crippen LogP contribution in [0.5, 0.6) is 5.75 Å². The van der Waals surface area contributed by atoms with Crippen molar-refractivity contribution < 1.29 is 9.15 Å². The summed E-state index contributed by atoms with van der Waals surface area (Å²) in [6.45, 7) is 0. The Morgan fingerprint density at radius 1 is 0.769 bits per heavy atom. The van der Waals surface area contributed by atoms with Crippen molar-refractivity contribution in [2.75, 3.05) is 7.11 Å². The van der Waals surface area contributed by atoms with Gasteiger partial charge in [0.1, 0.15) is 5.75 Å². The van der Waals surface area contributed by atoms with E-state index in [4.69, 9.17) is 9.15 Å². The van der Waals surface area contributed by atoms with E-state index < -0.39 is 0 Å². The first-order chi connectivity index (χ1) is 12.8. The van der Waals surface area contributed by atoms with Gasteiger partial charge in [-0.3, -0.25) is 0 Å². The third kappa shape index (κ3) is 3.35. The molecule has 0 aliphatic heterocycles. The molecule has 0 saturated heterocycles. The molecule has 2 heteroatoms. The van der Waals surface area contributed by atoms with E-state index in [1.54, 1.807) is 7.11 Å². The van der Waals surface area contributed by atoms with Crippen LogP contribution in [0, 0.1) is 0 Å². The molecule has 4 rings (SSSR count). The molecule has 2 nitrogen and oxygen atoms in total.